The monoisotopic (exact) mass is 270 g/mol. The molecule has 2 aliphatic carbocycles. The lowest BCUT2D eigenvalue weighted by Crippen LogP contribution is -2.45. The van der Waals surface area contributed by atoms with Gasteiger partial charge in [0, 0.05) is 24.7 Å². The van der Waals surface area contributed by atoms with Crippen LogP contribution < -0.4 is 0 Å². The van der Waals surface area contributed by atoms with Gasteiger partial charge in [0.25, 0.3) is 0 Å². The van der Waals surface area contributed by atoms with Crippen LogP contribution in [0, 0.1) is 5.92 Å². The minimum absolute atomic E-state index is 0.176. The van der Waals surface area contributed by atoms with E-state index in [4.69, 9.17) is 0 Å². The molecular weight excluding hydrogens is 252 g/mol. The summed E-state index contributed by atoms with van der Waals surface area (Å²) >= 11 is 0. The van der Waals surface area contributed by atoms with Crippen LogP contribution in [0.1, 0.15) is 43.7 Å². The molecule has 1 aromatic carbocycles. The molecule has 1 spiro atoms. The van der Waals surface area contributed by atoms with E-state index in [1.807, 2.05) is 18.2 Å². The van der Waals surface area contributed by atoms with E-state index in [2.05, 4.69) is 6.07 Å². The van der Waals surface area contributed by atoms with Crippen molar-refractivity contribution in [2.45, 2.75) is 44.4 Å². The third kappa shape index (κ3) is 1.84. The van der Waals surface area contributed by atoms with Crippen LogP contribution in [0.4, 0.5) is 0 Å². The van der Waals surface area contributed by atoms with E-state index in [0.717, 1.165) is 18.4 Å². The van der Waals surface area contributed by atoms with Crippen molar-refractivity contribution in [2.75, 3.05) is 0 Å². The maximum atomic E-state index is 12.3. The van der Waals surface area contributed by atoms with Crippen LogP contribution in [0.15, 0.2) is 24.3 Å². The zero-order valence-corrected chi connectivity index (χ0v) is 11.6. The van der Waals surface area contributed by atoms with Crippen molar-refractivity contribution >= 4 is 17.3 Å². The molecule has 104 valence electrons. The number of aryl methyl sites for hydroxylation is 1. The molecule has 3 rings (SSSR count). The summed E-state index contributed by atoms with van der Waals surface area (Å²) in [6, 6.07) is 8.06. The molecule has 3 heteroatoms. The summed E-state index contributed by atoms with van der Waals surface area (Å²) in [5.41, 5.74) is 2.05. The minimum atomic E-state index is -0.988. The van der Waals surface area contributed by atoms with Gasteiger partial charge in [0.15, 0.2) is 17.3 Å². The lowest BCUT2D eigenvalue weighted by atomic mass is 9.65. The molecule has 0 atom stereocenters. The van der Waals surface area contributed by atoms with Gasteiger partial charge in [0.2, 0.25) is 0 Å². The van der Waals surface area contributed by atoms with E-state index < -0.39 is 5.92 Å². The van der Waals surface area contributed by atoms with Gasteiger partial charge >= 0.3 is 0 Å². The van der Waals surface area contributed by atoms with Crippen LogP contribution >= 0.6 is 0 Å². The number of Topliss-reactive ketones (excluding diaryl/α,β-unsaturated/α-hetero) is 3. The Hall–Kier alpha value is -1.77. The molecule has 0 aliphatic heterocycles. The third-order valence-corrected chi connectivity index (χ3v) is 4.80. The highest BCUT2D eigenvalue weighted by atomic mass is 16.2. The van der Waals surface area contributed by atoms with Gasteiger partial charge in [0.05, 0.1) is 0 Å². The SMILES string of the molecule is CCC(=O)C1C(=O)CC2(CCc3ccccc32)CC1=O. The molecule has 20 heavy (non-hydrogen) atoms. The van der Waals surface area contributed by atoms with Gasteiger partial charge in [-0.2, -0.15) is 0 Å². The van der Waals surface area contributed by atoms with Gasteiger partial charge in [-0.3, -0.25) is 14.4 Å². The van der Waals surface area contributed by atoms with Crippen molar-refractivity contribution in [1.82, 2.24) is 0 Å². The van der Waals surface area contributed by atoms with Gasteiger partial charge in [-0.1, -0.05) is 31.2 Å². The van der Waals surface area contributed by atoms with Crippen LogP contribution in [0.3, 0.4) is 0 Å². The molecule has 0 aromatic heterocycles. The molecule has 3 nitrogen and oxygen atoms in total. The first-order valence-corrected chi connectivity index (χ1v) is 7.24. The molecule has 1 saturated carbocycles. The first-order valence-electron chi connectivity index (χ1n) is 7.24. The van der Waals surface area contributed by atoms with Gasteiger partial charge in [-0.05, 0) is 24.0 Å². The summed E-state index contributed by atoms with van der Waals surface area (Å²) in [5.74, 6) is -1.56. The summed E-state index contributed by atoms with van der Waals surface area (Å²) in [6.07, 6.45) is 2.70. The summed E-state index contributed by atoms with van der Waals surface area (Å²) in [6.45, 7) is 1.71. The fraction of sp³-hybridized carbons (Fsp3) is 0.471. The number of rotatable bonds is 2. The quantitative estimate of drug-likeness (QED) is 0.775. The van der Waals surface area contributed by atoms with E-state index >= 15 is 0 Å². The smallest absolute Gasteiger partial charge is 0.151 e. The van der Waals surface area contributed by atoms with Crippen LogP contribution in [-0.2, 0) is 26.2 Å². The van der Waals surface area contributed by atoms with Crippen molar-refractivity contribution < 1.29 is 14.4 Å². The summed E-state index contributed by atoms with van der Waals surface area (Å²) in [5, 5.41) is 0. The van der Waals surface area contributed by atoms with Crippen molar-refractivity contribution in [1.29, 1.82) is 0 Å². The fourth-order valence-corrected chi connectivity index (χ4v) is 3.81. The Morgan fingerprint density at radius 2 is 1.85 bits per heavy atom. The van der Waals surface area contributed by atoms with Crippen LogP contribution in [-0.4, -0.2) is 17.3 Å². The largest absolute Gasteiger partial charge is 0.298 e. The standard InChI is InChI=1S/C17H18O3/c1-2-13(18)16-14(19)9-17(10-15(16)20)8-7-11-5-3-4-6-12(11)17/h3-6,16H,2,7-10H2,1H3. The topological polar surface area (TPSA) is 51.2 Å². The van der Waals surface area contributed by atoms with E-state index in [-0.39, 0.29) is 29.2 Å². The van der Waals surface area contributed by atoms with Crippen LogP contribution in [0.2, 0.25) is 0 Å². The van der Waals surface area contributed by atoms with Gasteiger partial charge in [-0.25, -0.2) is 0 Å². The van der Waals surface area contributed by atoms with Crippen molar-refractivity contribution in [3.05, 3.63) is 35.4 Å². The number of carbonyl (C=O) groups is 3. The molecule has 0 amide bonds. The first kappa shape index (κ1) is 13.2. The highest BCUT2D eigenvalue weighted by molar-refractivity contribution is 6.21. The summed E-state index contributed by atoms with van der Waals surface area (Å²) in [7, 11) is 0. The maximum absolute atomic E-state index is 12.3. The highest BCUT2D eigenvalue weighted by Crippen LogP contribution is 2.47. The molecule has 0 heterocycles. The highest BCUT2D eigenvalue weighted by Gasteiger charge is 2.50. The maximum Gasteiger partial charge on any atom is 0.151 e. The van der Waals surface area contributed by atoms with Gasteiger partial charge < -0.3 is 0 Å². The normalized spacial score (nSPS) is 28.8. The van der Waals surface area contributed by atoms with Gasteiger partial charge in [0.1, 0.15) is 5.92 Å². The lowest BCUT2D eigenvalue weighted by molar-refractivity contribution is -0.144. The van der Waals surface area contributed by atoms with E-state index in [9.17, 15) is 14.4 Å². The van der Waals surface area contributed by atoms with Crippen molar-refractivity contribution in [3.8, 4) is 0 Å². The predicted octanol–water partition coefficient (Wildman–Crippen LogP) is 2.40. The lowest BCUT2D eigenvalue weighted by Gasteiger charge is -2.35. The van der Waals surface area contributed by atoms with Crippen molar-refractivity contribution in [3.63, 3.8) is 0 Å². The van der Waals surface area contributed by atoms with E-state index in [1.165, 1.54) is 5.56 Å². The molecule has 2 aliphatic rings. The second-order valence-corrected chi connectivity index (χ2v) is 5.98. The summed E-state index contributed by atoms with van der Waals surface area (Å²) in [4.78, 5) is 36.5. The molecule has 0 unspecified atom stereocenters. The first-order chi connectivity index (χ1) is 9.57. The van der Waals surface area contributed by atoms with Crippen LogP contribution in [0.25, 0.3) is 0 Å². The van der Waals surface area contributed by atoms with E-state index in [0.29, 0.717) is 12.8 Å². The Bertz CT molecular complexity index is 582. The Balaban J connectivity index is 1.96. The fourth-order valence-electron chi connectivity index (χ4n) is 3.81. The molecule has 1 aromatic rings. The molecule has 0 saturated heterocycles. The molecule has 0 bridgehead atoms. The number of carbonyl (C=O) groups excluding carboxylic acids is 3. The number of ketones is 3. The predicted molar refractivity (Wildman–Crippen MR) is 74.5 cm³/mol. The second-order valence-electron chi connectivity index (χ2n) is 5.98. The second kappa shape index (κ2) is 4.65. The van der Waals surface area contributed by atoms with Gasteiger partial charge in [-0.15, -0.1) is 0 Å². The minimum Gasteiger partial charge on any atom is -0.298 e. The third-order valence-electron chi connectivity index (χ3n) is 4.80. The average molecular weight is 270 g/mol. The molecular formula is C17H18O3. The summed E-state index contributed by atoms with van der Waals surface area (Å²) < 4.78 is 0. The van der Waals surface area contributed by atoms with Crippen molar-refractivity contribution in [2.24, 2.45) is 5.92 Å². The Labute approximate surface area is 118 Å². The number of hydrogen-bond acceptors (Lipinski definition) is 3. The average Bonchev–Trinajstić information content (AvgIpc) is 2.77. The number of fused-ring (bicyclic) bond motifs is 2. The molecule has 0 radical (unpaired) electrons. The zero-order valence-electron chi connectivity index (χ0n) is 11.6. The van der Waals surface area contributed by atoms with E-state index in [1.54, 1.807) is 6.92 Å². The van der Waals surface area contributed by atoms with Crippen LogP contribution in [0.5, 0.6) is 0 Å². The molecule has 1 fully saturated rings. The number of hydrogen-bond donors (Lipinski definition) is 0. The Morgan fingerprint density at radius 3 is 2.50 bits per heavy atom. The Kier molecular flexibility index (Phi) is 3.08. The zero-order chi connectivity index (χ0) is 14.3. The number of benzene rings is 1. The molecule has 0 N–H and O–H groups in total. The Morgan fingerprint density at radius 1 is 1.20 bits per heavy atom.